The summed E-state index contributed by atoms with van der Waals surface area (Å²) in [6.07, 6.45) is 7.19. The lowest BCUT2D eigenvalue weighted by molar-refractivity contribution is 0.538. The number of nitrogens with zero attached hydrogens (tertiary/aromatic N) is 4. The average molecular weight is 835 g/mol. The summed E-state index contributed by atoms with van der Waals surface area (Å²) in [5, 5.41) is 2.46. The van der Waals surface area contributed by atoms with Gasteiger partial charge in [0.2, 0.25) is 0 Å². The van der Waals surface area contributed by atoms with Crippen LogP contribution >= 0.6 is 0 Å². The van der Waals surface area contributed by atoms with Gasteiger partial charge in [-0.25, -0.2) is 0 Å². The highest BCUT2D eigenvalue weighted by atomic mass is 15.2. The Labute approximate surface area is 380 Å². The Kier molecular flexibility index (Phi) is 9.31. The highest BCUT2D eigenvalue weighted by Gasteiger charge is 2.48. The Morgan fingerprint density at radius 2 is 0.908 bits per heavy atom. The molecule has 1 aliphatic heterocycles. The van der Waals surface area contributed by atoms with Crippen LogP contribution in [0, 0.1) is 0 Å². The van der Waals surface area contributed by atoms with E-state index in [1.165, 1.54) is 44.3 Å². The van der Waals surface area contributed by atoms with E-state index < -0.39 is 0 Å². The van der Waals surface area contributed by atoms with Gasteiger partial charge in [-0.15, -0.1) is 0 Å². The Morgan fingerprint density at radius 1 is 0.415 bits per heavy atom. The first-order valence-corrected chi connectivity index (χ1v) is 22.5. The number of benzene rings is 9. The molecule has 10 aromatic rings. The van der Waals surface area contributed by atoms with E-state index in [2.05, 4.69) is 281 Å². The average Bonchev–Trinajstić information content (AvgIpc) is 3.84. The number of para-hydroxylation sites is 6. The van der Waals surface area contributed by atoms with Crippen LogP contribution in [-0.2, 0) is 0 Å². The Morgan fingerprint density at radius 3 is 1.57 bits per heavy atom. The van der Waals surface area contributed by atoms with Crippen molar-refractivity contribution >= 4 is 61.6 Å². The molecule has 2 unspecified atom stereocenters. The molecule has 310 valence electrons. The minimum Gasteiger partial charge on any atom is -0.331 e. The molecule has 0 bridgehead atoms. The van der Waals surface area contributed by atoms with E-state index in [0.717, 1.165) is 45.4 Å². The smallest absolute Gasteiger partial charge is 0.0713 e. The van der Waals surface area contributed by atoms with Crippen LogP contribution in [0.2, 0.25) is 0 Å². The summed E-state index contributed by atoms with van der Waals surface area (Å²) in [6.45, 7) is 2.37. The predicted molar refractivity (Wildman–Crippen MR) is 273 cm³/mol. The molecular weight excluding hydrogens is 789 g/mol. The number of allylic oxidation sites excluding steroid dienone is 1. The van der Waals surface area contributed by atoms with Crippen LogP contribution < -0.4 is 14.7 Å². The van der Waals surface area contributed by atoms with Crippen LogP contribution in [-0.4, -0.2) is 10.1 Å². The summed E-state index contributed by atoms with van der Waals surface area (Å²) in [4.78, 5) is 7.26. The number of anilines is 7. The van der Waals surface area contributed by atoms with Gasteiger partial charge in [-0.3, -0.25) is 0 Å². The van der Waals surface area contributed by atoms with Crippen molar-refractivity contribution < 1.29 is 0 Å². The standard InChI is InChI=1S/C61H46N4/c1-61-41-40-53(43-57(61)55-27-15-17-29-60(55)65(61)51-24-12-5-13-25-51)63(47-20-8-3-9-21-47)50-36-32-45(33-37-50)44-30-34-49(35-31-44)62(46-18-6-2-7-19-46)52-38-39-59-56(42-52)54-26-14-16-28-58(54)64(59)48-22-10-4-11-23-48/h2-43,57H,1H3. The molecule has 0 radical (unpaired) electrons. The lowest BCUT2D eigenvalue weighted by atomic mass is 9.79. The minimum atomic E-state index is -0.251. The number of fused-ring (bicyclic) bond motifs is 6. The summed E-state index contributed by atoms with van der Waals surface area (Å²) >= 11 is 0. The SMILES string of the molecule is CC12C=CC(N(c3ccccc3)c3ccc(-c4ccc(N(c5ccccc5)c5ccc6c(c5)c5ccccc5n6-c5ccccc5)cc4)cc3)=CC1c1ccccc1N2c1ccccc1. The zero-order valence-corrected chi connectivity index (χ0v) is 36.1. The van der Waals surface area contributed by atoms with E-state index in [1.54, 1.807) is 0 Å². The number of hydrogen-bond donors (Lipinski definition) is 0. The van der Waals surface area contributed by atoms with Crippen molar-refractivity contribution in [2.24, 2.45) is 0 Å². The van der Waals surface area contributed by atoms with Crippen LogP contribution in [0.25, 0.3) is 38.6 Å². The predicted octanol–water partition coefficient (Wildman–Crippen LogP) is 16.2. The van der Waals surface area contributed by atoms with E-state index in [4.69, 9.17) is 0 Å². The lowest BCUT2D eigenvalue weighted by Crippen LogP contribution is -2.43. The number of hydrogen-bond acceptors (Lipinski definition) is 3. The van der Waals surface area contributed by atoms with Gasteiger partial charge in [0.15, 0.2) is 0 Å². The van der Waals surface area contributed by atoms with Crippen molar-refractivity contribution in [1.29, 1.82) is 0 Å². The van der Waals surface area contributed by atoms with Crippen LogP contribution in [0.4, 0.5) is 39.8 Å². The fraction of sp³-hybridized carbons (Fsp3) is 0.0492. The molecule has 2 aliphatic rings. The van der Waals surface area contributed by atoms with E-state index in [-0.39, 0.29) is 11.5 Å². The number of rotatable bonds is 9. The Hall–Kier alpha value is -8.34. The molecule has 1 aromatic heterocycles. The highest BCUT2D eigenvalue weighted by Crippen LogP contribution is 2.55. The Balaban J connectivity index is 0.882. The normalized spacial score (nSPS) is 16.3. The monoisotopic (exact) mass is 834 g/mol. The summed E-state index contributed by atoms with van der Waals surface area (Å²) < 4.78 is 2.37. The third kappa shape index (κ3) is 6.53. The van der Waals surface area contributed by atoms with Crippen molar-refractivity contribution in [2.45, 2.75) is 18.4 Å². The highest BCUT2D eigenvalue weighted by molar-refractivity contribution is 6.10. The van der Waals surface area contributed by atoms with E-state index >= 15 is 0 Å². The first kappa shape index (κ1) is 38.3. The maximum absolute atomic E-state index is 2.51. The van der Waals surface area contributed by atoms with Crippen molar-refractivity contribution in [3.63, 3.8) is 0 Å². The number of aromatic nitrogens is 1. The molecule has 2 atom stereocenters. The molecule has 12 rings (SSSR count). The van der Waals surface area contributed by atoms with Gasteiger partial charge in [-0.05, 0) is 133 Å². The Bertz CT molecular complexity index is 3370. The van der Waals surface area contributed by atoms with Crippen molar-refractivity contribution in [1.82, 2.24) is 4.57 Å². The minimum absolute atomic E-state index is 0.162. The van der Waals surface area contributed by atoms with Crippen LogP contribution in [0.15, 0.2) is 261 Å². The summed E-state index contributed by atoms with van der Waals surface area (Å²) in [5.41, 5.74) is 16.1. The van der Waals surface area contributed by atoms with E-state index in [9.17, 15) is 0 Å². The van der Waals surface area contributed by atoms with Gasteiger partial charge in [-0.1, -0.05) is 146 Å². The summed E-state index contributed by atoms with van der Waals surface area (Å²) in [5.74, 6) is 0.162. The third-order valence-corrected chi connectivity index (χ3v) is 13.4. The molecule has 0 N–H and O–H groups in total. The molecule has 4 heteroatoms. The van der Waals surface area contributed by atoms with E-state index in [0.29, 0.717) is 0 Å². The summed E-state index contributed by atoms with van der Waals surface area (Å²) in [7, 11) is 0. The summed E-state index contributed by atoms with van der Waals surface area (Å²) in [6, 6.07) is 85.3. The fourth-order valence-electron chi connectivity index (χ4n) is 10.3. The lowest BCUT2D eigenvalue weighted by Gasteiger charge is -2.41. The van der Waals surface area contributed by atoms with Gasteiger partial charge >= 0.3 is 0 Å². The van der Waals surface area contributed by atoms with Gasteiger partial charge in [0.1, 0.15) is 0 Å². The molecule has 2 heterocycles. The van der Waals surface area contributed by atoms with Crippen LogP contribution in [0.5, 0.6) is 0 Å². The molecular formula is C61H46N4. The topological polar surface area (TPSA) is 14.7 Å². The molecule has 4 nitrogen and oxygen atoms in total. The zero-order chi connectivity index (χ0) is 43.3. The molecule has 0 spiro atoms. The second-order valence-electron chi connectivity index (χ2n) is 17.2. The van der Waals surface area contributed by atoms with Gasteiger partial charge in [0.05, 0.1) is 16.6 Å². The second-order valence-corrected chi connectivity index (χ2v) is 17.2. The second kappa shape index (κ2) is 15.8. The third-order valence-electron chi connectivity index (χ3n) is 13.4. The maximum Gasteiger partial charge on any atom is 0.0713 e. The van der Waals surface area contributed by atoms with Gasteiger partial charge in [-0.2, -0.15) is 0 Å². The van der Waals surface area contributed by atoms with Crippen LogP contribution in [0.3, 0.4) is 0 Å². The maximum atomic E-state index is 2.51. The first-order chi connectivity index (χ1) is 32.1. The van der Waals surface area contributed by atoms with E-state index in [1.807, 2.05) is 0 Å². The molecule has 0 amide bonds. The molecule has 65 heavy (non-hydrogen) atoms. The molecule has 0 saturated heterocycles. The quantitative estimate of drug-likeness (QED) is 0.144. The molecule has 9 aromatic carbocycles. The van der Waals surface area contributed by atoms with Gasteiger partial charge < -0.3 is 19.3 Å². The van der Waals surface area contributed by atoms with Crippen molar-refractivity contribution in [2.75, 3.05) is 14.7 Å². The fourth-order valence-corrected chi connectivity index (χ4v) is 10.3. The van der Waals surface area contributed by atoms with Crippen LogP contribution in [0.1, 0.15) is 18.4 Å². The van der Waals surface area contributed by atoms with Gasteiger partial charge in [0, 0.05) is 67.9 Å². The largest absolute Gasteiger partial charge is 0.331 e. The van der Waals surface area contributed by atoms with Crippen molar-refractivity contribution in [3.8, 4) is 16.8 Å². The van der Waals surface area contributed by atoms with Crippen molar-refractivity contribution in [3.05, 3.63) is 266 Å². The zero-order valence-electron chi connectivity index (χ0n) is 36.1. The molecule has 0 fully saturated rings. The first-order valence-electron chi connectivity index (χ1n) is 22.5. The molecule has 0 saturated carbocycles. The molecule has 1 aliphatic carbocycles. The van der Waals surface area contributed by atoms with Gasteiger partial charge in [0.25, 0.3) is 0 Å².